The van der Waals surface area contributed by atoms with Gasteiger partial charge >= 0.3 is 0 Å². The highest BCUT2D eigenvalue weighted by molar-refractivity contribution is 5.85. The first-order valence-electron chi connectivity index (χ1n) is 2.49. The van der Waals surface area contributed by atoms with Gasteiger partial charge < -0.3 is 10.7 Å². The Labute approximate surface area is 64.5 Å². The number of H-pyrrole nitrogens is 1. The molecule has 0 spiro atoms. The lowest BCUT2D eigenvalue weighted by atomic mass is 10.4. The molecular formula is C5H7ClN4. The van der Waals surface area contributed by atoms with Crippen LogP contribution in [0.4, 0.5) is 5.95 Å². The second kappa shape index (κ2) is 3.75. The zero-order valence-electron chi connectivity index (χ0n) is 5.16. The summed E-state index contributed by atoms with van der Waals surface area (Å²) in [5.74, 6) is 0.361. The van der Waals surface area contributed by atoms with Crippen LogP contribution in [-0.4, -0.2) is 9.97 Å². The first-order valence-corrected chi connectivity index (χ1v) is 2.49. The Hall–Kier alpha value is -1.21. The first-order chi connectivity index (χ1) is 4.33. The number of hydrogen-bond acceptors (Lipinski definition) is 3. The van der Waals surface area contributed by atoms with Crippen LogP contribution in [0.1, 0.15) is 5.69 Å². The molecule has 0 atom stereocenters. The monoisotopic (exact) mass is 158 g/mol. The Morgan fingerprint density at radius 1 is 1.80 bits per heavy atom. The zero-order chi connectivity index (χ0) is 6.69. The van der Waals surface area contributed by atoms with E-state index < -0.39 is 0 Å². The molecule has 0 radical (unpaired) electrons. The minimum absolute atomic E-state index is 0. The molecule has 3 N–H and O–H groups in total. The van der Waals surface area contributed by atoms with Crippen molar-refractivity contribution in [2.24, 2.45) is 0 Å². The number of aromatic nitrogens is 2. The van der Waals surface area contributed by atoms with Crippen LogP contribution < -0.4 is 5.73 Å². The summed E-state index contributed by atoms with van der Waals surface area (Å²) in [4.78, 5) is 6.43. The average molecular weight is 159 g/mol. The summed E-state index contributed by atoms with van der Waals surface area (Å²) in [6.07, 6.45) is 1.89. The third kappa shape index (κ3) is 1.96. The van der Waals surface area contributed by atoms with Crippen molar-refractivity contribution in [3.05, 3.63) is 11.9 Å². The highest BCUT2D eigenvalue weighted by atomic mass is 35.5. The van der Waals surface area contributed by atoms with Crippen molar-refractivity contribution >= 4 is 18.4 Å². The Kier molecular flexibility index (Phi) is 3.29. The topological polar surface area (TPSA) is 78.5 Å². The fourth-order valence-electron chi connectivity index (χ4n) is 0.552. The van der Waals surface area contributed by atoms with E-state index in [9.17, 15) is 0 Å². The number of anilines is 1. The van der Waals surface area contributed by atoms with Crippen LogP contribution in [0.15, 0.2) is 6.20 Å². The van der Waals surface area contributed by atoms with E-state index in [1.165, 1.54) is 0 Å². The molecule has 54 valence electrons. The molecule has 0 bridgehead atoms. The molecule has 1 aromatic heterocycles. The number of rotatable bonds is 1. The fourth-order valence-corrected chi connectivity index (χ4v) is 0.552. The van der Waals surface area contributed by atoms with E-state index >= 15 is 0 Å². The summed E-state index contributed by atoms with van der Waals surface area (Å²) in [5, 5.41) is 8.19. The van der Waals surface area contributed by atoms with Crippen molar-refractivity contribution in [2.45, 2.75) is 6.42 Å². The van der Waals surface area contributed by atoms with Crippen LogP contribution in [-0.2, 0) is 6.42 Å². The van der Waals surface area contributed by atoms with Gasteiger partial charge in [-0.15, -0.1) is 12.4 Å². The molecule has 0 amide bonds. The van der Waals surface area contributed by atoms with Crippen molar-refractivity contribution in [2.75, 3.05) is 5.73 Å². The largest absolute Gasteiger partial charge is 0.369 e. The lowest BCUT2D eigenvalue weighted by Crippen LogP contribution is -1.86. The third-order valence-electron chi connectivity index (χ3n) is 0.918. The number of nitrogens with two attached hydrogens (primary N) is 1. The third-order valence-corrected chi connectivity index (χ3v) is 0.918. The van der Waals surface area contributed by atoms with Crippen LogP contribution in [0.2, 0.25) is 0 Å². The number of imidazole rings is 1. The highest BCUT2D eigenvalue weighted by Gasteiger charge is 1.92. The van der Waals surface area contributed by atoms with Gasteiger partial charge in [0.25, 0.3) is 0 Å². The van der Waals surface area contributed by atoms with Crippen LogP contribution in [0, 0.1) is 11.3 Å². The van der Waals surface area contributed by atoms with E-state index in [-0.39, 0.29) is 12.4 Å². The molecule has 0 saturated heterocycles. The van der Waals surface area contributed by atoms with Gasteiger partial charge in [0.1, 0.15) is 0 Å². The van der Waals surface area contributed by atoms with Gasteiger partial charge in [-0.2, -0.15) is 5.26 Å². The van der Waals surface area contributed by atoms with Gasteiger partial charge in [-0.3, -0.25) is 0 Å². The van der Waals surface area contributed by atoms with Gasteiger partial charge in [0.05, 0.1) is 24.4 Å². The standard InChI is InChI=1S/C5H6N4.ClH/c6-2-1-4-3-8-5(7)9-4;/h3H,1H2,(H3,7,8,9);1H. The Balaban J connectivity index is 0.000000810. The highest BCUT2D eigenvalue weighted by Crippen LogP contribution is 1.96. The summed E-state index contributed by atoms with van der Waals surface area (Å²) in [6.45, 7) is 0. The Morgan fingerprint density at radius 3 is 2.90 bits per heavy atom. The minimum Gasteiger partial charge on any atom is -0.369 e. The van der Waals surface area contributed by atoms with Crippen molar-refractivity contribution in [3.8, 4) is 6.07 Å². The molecule has 0 saturated carbocycles. The second-order valence-electron chi connectivity index (χ2n) is 1.63. The normalized spacial score (nSPS) is 7.90. The Bertz CT molecular complexity index is 236. The maximum Gasteiger partial charge on any atom is 0.197 e. The molecule has 0 unspecified atom stereocenters. The van der Waals surface area contributed by atoms with Gasteiger partial charge in [-0.05, 0) is 0 Å². The predicted octanol–water partition coefficient (Wildman–Crippen LogP) is 0.480. The number of aromatic amines is 1. The maximum atomic E-state index is 8.19. The molecule has 4 nitrogen and oxygen atoms in total. The summed E-state index contributed by atoms with van der Waals surface area (Å²) < 4.78 is 0. The van der Waals surface area contributed by atoms with Crippen molar-refractivity contribution in [3.63, 3.8) is 0 Å². The number of nitrogens with zero attached hydrogens (tertiary/aromatic N) is 2. The van der Waals surface area contributed by atoms with Gasteiger partial charge in [-0.1, -0.05) is 0 Å². The first kappa shape index (κ1) is 8.79. The van der Waals surface area contributed by atoms with Gasteiger partial charge in [0, 0.05) is 0 Å². The molecule has 1 aromatic rings. The van der Waals surface area contributed by atoms with Crippen molar-refractivity contribution in [1.29, 1.82) is 5.26 Å². The minimum atomic E-state index is 0. The van der Waals surface area contributed by atoms with Gasteiger partial charge in [0.15, 0.2) is 5.95 Å². The molecule has 0 fully saturated rings. The molecule has 5 heteroatoms. The SMILES string of the molecule is Cl.N#CCc1cnc(N)[nH]1. The zero-order valence-corrected chi connectivity index (χ0v) is 5.98. The van der Waals surface area contributed by atoms with E-state index in [2.05, 4.69) is 9.97 Å². The summed E-state index contributed by atoms with van der Waals surface area (Å²) in [5.41, 5.74) is 5.99. The quantitative estimate of drug-likeness (QED) is 0.624. The molecule has 0 aromatic carbocycles. The molecule has 1 heterocycles. The van der Waals surface area contributed by atoms with Crippen LogP contribution in [0.3, 0.4) is 0 Å². The van der Waals surface area contributed by atoms with E-state index in [1.54, 1.807) is 6.20 Å². The summed E-state index contributed by atoms with van der Waals surface area (Å²) in [7, 11) is 0. The number of nitrogens with one attached hydrogen (secondary N) is 1. The number of halogens is 1. The van der Waals surface area contributed by atoms with Crippen LogP contribution in [0.5, 0.6) is 0 Å². The molecule has 0 aliphatic carbocycles. The van der Waals surface area contributed by atoms with Crippen LogP contribution in [0.25, 0.3) is 0 Å². The molecule has 1 rings (SSSR count). The lowest BCUT2D eigenvalue weighted by molar-refractivity contribution is 1.16. The molecule has 10 heavy (non-hydrogen) atoms. The summed E-state index contributed by atoms with van der Waals surface area (Å²) >= 11 is 0. The van der Waals surface area contributed by atoms with Gasteiger partial charge in [0.2, 0.25) is 0 Å². The van der Waals surface area contributed by atoms with E-state index in [0.717, 1.165) is 5.69 Å². The molecule has 0 aliphatic heterocycles. The predicted molar refractivity (Wildman–Crippen MR) is 39.6 cm³/mol. The van der Waals surface area contributed by atoms with Crippen molar-refractivity contribution in [1.82, 2.24) is 9.97 Å². The van der Waals surface area contributed by atoms with Crippen molar-refractivity contribution < 1.29 is 0 Å². The fraction of sp³-hybridized carbons (Fsp3) is 0.200. The molecule has 0 aliphatic rings. The number of nitriles is 1. The van der Waals surface area contributed by atoms with E-state index in [4.69, 9.17) is 11.0 Å². The number of nitrogen functional groups attached to an aromatic ring is 1. The Morgan fingerprint density at radius 2 is 2.50 bits per heavy atom. The number of hydrogen-bond donors (Lipinski definition) is 2. The maximum absolute atomic E-state index is 8.19. The average Bonchev–Trinajstić information content (AvgIpc) is 2.17. The van der Waals surface area contributed by atoms with Crippen LogP contribution >= 0.6 is 12.4 Å². The lowest BCUT2D eigenvalue weighted by Gasteiger charge is -1.80. The van der Waals surface area contributed by atoms with E-state index in [0.29, 0.717) is 12.4 Å². The summed E-state index contributed by atoms with van der Waals surface area (Å²) in [6, 6.07) is 1.97. The smallest absolute Gasteiger partial charge is 0.197 e. The van der Waals surface area contributed by atoms with E-state index in [1.807, 2.05) is 6.07 Å². The molecular weight excluding hydrogens is 152 g/mol. The van der Waals surface area contributed by atoms with Gasteiger partial charge in [-0.25, -0.2) is 4.98 Å². The second-order valence-corrected chi connectivity index (χ2v) is 1.63.